The van der Waals surface area contributed by atoms with Gasteiger partial charge in [0.2, 0.25) is 0 Å². The molecule has 5 heteroatoms. The standard InChI is InChI=1S/C14H16BrNOS2/c1-8-7-12(19-13(8)15)14(17)16(4)10(3)11-6-5-9(2)18-11/h5-7,10H,1-4H3. The summed E-state index contributed by atoms with van der Waals surface area (Å²) in [6, 6.07) is 6.25. The zero-order chi connectivity index (χ0) is 14.2. The highest BCUT2D eigenvalue weighted by Crippen LogP contribution is 2.31. The first-order chi connectivity index (χ1) is 8.90. The Balaban J connectivity index is 2.19. The number of rotatable bonds is 3. The van der Waals surface area contributed by atoms with Crippen LogP contribution >= 0.6 is 38.6 Å². The van der Waals surface area contributed by atoms with Crippen molar-refractivity contribution < 1.29 is 4.79 Å². The number of carbonyl (C=O) groups is 1. The molecule has 0 N–H and O–H groups in total. The molecule has 1 atom stereocenters. The maximum atomic E-state index is 12.5. The predicted molar refractivity (Wildman–Crippen MR) is 86.3 cm³/mol. The molecule has 0 aromatic carbocycles. The Morgan fingerprint density at radius 3 is 2.47 bits per heavy atom. The second-order valence-corrected chi connectivity index (χ2v) is 8.30. The number of aryl methyl sites for hydroxylation is 2. The fraction of sp³-hybridized carbons (Fsp3) is 0.357. The molecule has 0 fully saturated rings. The van der Waals surface area contributed by atoms with E-state index < -0.39 is 0 Å². The van der Waals surface area contributed by atoms with E-state index in [0.29, 0.717) is 0 Å². The van der Waals surface area contributed by atoms with Gasteiger partial charge in [-0.25, -0.2) is 0 Å². The first kappa shape index (κ1) is 14.8. The molecule has 2 aromatic heterocycles. The number of hydrogen-bond acceptors (Lipinski definition) is 3. The molecule has 102 valence electrons. The summed E-state index contributed by atoms with van der Waals surface area (Å²) in [4.78, 5) is 17.5. The minimum atomic E-state index is 0.0809. The number of thiophene rings is 2. The van der Waals surface area contributed by atoms with Crippen LogP contribution in [0, 0.1) is 13.8 Å². The SMILES string of the molecule is Cc1ccc(C(C)N(C)C(=O)c2cc(C)c(Br)s2)s1. The molecule has 0 aliphatic carbocycles. The Morgan fingerprint density at radius 1 is 1.32 bits per heavy atom. The van der Waals surface area contributed by atoms with Gasteiger partial charge < -0.3 is 4.90 Å². The molecule has 0 radical (unpaired) electrons. The Kier molecular flexibility index (Phi) is 4.48. The van der Waals surface area contributed by atoms with Crippen molar-refractivity contribution in [1.82, 2.24) is 4.90 Å². The van der Waals surface area contributed by atoms with Gasteiger partial charge in [-0.15, -0.1) is 22.7 Å². The van der Waals surface area contributed by atoms with Crippen molar-refractivity contribution in [2.75, 3.05) is 7.05 Å². The number of amides is 1. The van der Waals surface area contributed by atoms with Crippen molar-refractivity contribution in [3.05, 3.63) is 42.2 Å². The van der Waals surface area contributed by atoms with Gasteiger partial charge in [0, 0.05) is 16.8 Å². The summed E-state index contributed by atoms with van der Waals surface area (Å²) in [5.41, 5.74) is 1.11. The van der Waals surface area contributed by atoms with Crippen LogP contribution in [0.1, 0.15) is 38.0 Å². The lowest BCUT2D eigenvalue weighted by Crippen LogP contribution is -2.28. The average Bonchev–Trinajstić information content (AvgIpc) is 2.94. The van der Waals surface area contributed by atoms with Crippen LogP contribution < -0.4 is 0 Å². The van der Waals surface area contributed by atoms with Gasteiger partial charge in [0.05, 0.1) is 14.7 Å². The molecule has 0 bridgehead atoms. The van der Waals surface area contributed by atoms with Crippen molar-refractivity contribution in [2.24, 2.45) is 0 Å². The zero-order valence-corrected chi connectivity index (χ0v) is 14.6. The van der Waals surface area contributed by atoms with E-state index in [9.17, 15) is 4.79 Å². The van der Waals surface area contributed by atoms with Gasteiger partial charge in [-0.1, -0.05) is 0 Å². The van der Waals surface area contributed by atoms with E-state index in [-0.39, 0.29) is 11.9 Å². The average molecular weight is 358 g/mol. The molecule has 2 rings (SSSR count). The highest BCUT2D eigenvalue weighted by Gasteiger charge is 2.21. The Labute approximate surface area is 130 Å². The monoisotopic (exact) mass is 357 g/mol. The molecule has 0 aliphatic rings. The van der Waals surface area contributed by atoms with E-state index in [1.807, 2.05) is 24.9 Å². The van der Waals surface area contributed by atoms with Crippen LogP contribution in [0.15, 0.2) is 22.0 Å². The van der Waals surface area contributed by atoms with Gasteiger partial charge in [-0.3, -0.25) is 4.79 Å². The highest BCUT2D eigenvalue weighted by atomic mass is 79.9. The zero-order valence-electron chi connectivity index (χ0n) is 11.4. The molecule has 0 saturated carbocycles. The lowest BCUT2D eigenvalue weighted by atomic mass is 10.2. The normalized spacial score (nSPS) is 12.5. The molecule has 2 aromatic rings. The lowest BCUT2D eigenvalue weighted by Gasteiger charge is -2.23. The summed E-state index contributed by atoms with van der Waals surface area (Å²) in [6.07, 6.45) is 0. The molecule has 0 aliphatic heterocycles. The third kappa shape index (κ3) is 3.09. The van der Waals surface area contributed by atoms with E-state index in [4.69, 9.17) is 0 Å². The van der Waals surface area contributed by atoms with E-state index in [0.717, 1.165) is 14.2 Å². The minimum absolute atomic E-state index is 0.0809. The van der Waals surface area contributed by atoms with Crippen LogP contribution in [0.3, 0.4) is 0 Å². The summed E-state index contributed by atoms with van der Waals surface area (Å²) in [5.74, 6) is 0.0809. The summed E-state index contributed by atoms with van der Waals surface area (Å²) >= 11 is 6.71. The highest BCUT2D eigenvalue weighted by molar-refractivity contribution is 9.11. The summed E-state index contributed by atoms with van der Waals surface area (Å²) in [5, 5.41) is 0. The van der Waals surface area contributed by atoms with Crippen molar-refractivity contribution in [3.8, 4) is 0 Å². The van der Waals surface area contributed by atoms with Gasteiger partial charge in [0.15, 0.2) is 0 Å². The molecule has 2 nitrogen and oxygen atoms in total. The third-order valence-corrected chi connectivity index (χ3v) is 6.44. The fourth-order valence-corrected chi connectivity index (χ4v) is 4.27. The smallest absolute Gasteiger partial charge is 0.264 e. The second-order valence-electron chi connectivity index (χ2n) is 4.61. The van der Waals surface area contributed by atoms with Crippen molar-refractivity contribution in [1.29, 1.82) is 0 Å². The van der Waals surface area contributed by atoms with Crippen molar-refractivity contribution >= 4 is 44.5 Å². The lowest BCUT2D eigenvalue weighted by molar-refractivity contribution is 0.0750. The second kappa shape index (κ2) is 5.77. The molecular weight excluding hydrogens is 342 g/mol. The molecule has 0 saturated heterocycles. The topological polar surface area (TPSA) is 20.3 Å². The maximum absolute atomic E-state index is 12.5. The summed E-state index contributed by atoms with van der Waals surface area (Å²) < 4.78 is 1.03. The van der Waals surface area contributed by atoms with Gasteiger partial charge in [0.25, 0.3) is 5.91 Å². The van der Waals surface area contributed by atoms with Gasteiger partial charge in [0.1, 0.15) is 0 Å². The third-order valence-electron chi connectivity index (χ3n) is 3.14. The molecule has 0 spiro atoms. The largest absolute Gasteiger partial charge is 0.333 e. The van der Waals surface area contributed by atoms with E-state index in [1.54, 1.807) is 11.3 Å². The number of carbonyl (C=O) groups excluding carboxylic acids is 1. The maximum Gasteiger partial charge on any atom is 0.264 e. The van der Waals surface area contributed by atoms with Crippen molar-refractivity contribution in [2.45, 2.75) is 26.8 Å². The van der Waals surface area contributed by atoms with Crippen LogP contribution in [0.2, 0.25) is 0 Å². The van der Waals surface area contributed by atoms with Gasteiger partial charge in [-0.2, -0.15) is 0 Å². The summed E-state index contributed by atoms with van der Waals surface area (Å²) in [7, 11) is 1.87. The Hall–Kier alpha value is -0.650. The number of hydrogen-bond donors (Lipinski definition) is 0. The number of halogens is 1. The van der Waals surface area contributed by atoms with E-state index in [1.165, 1.54) is 21.1 Å². The molecule has 1 amide bonds. The van der Waals surface area contributed by atoms with E-state index in [2.05, 4.69) is 41.9 Å². The number of nitrogens with zero attached hydrogens (tertiary/aromatic N) is 1. The van der Waals surface area contributed by atoms with Gasteiger partial charge >= 0.3 is 0 Å². The fourth-order valence-electron chi connectivity index (χ4n) is 1.78. The Bertz CT molecular complexity index is 583. The van der Waals surface area contributed by atoms with Crippen LogP contribution in [-0.4, -0.2) is 17.9 Å². The van der Waals surface area contributed by atoms with Crippen LogP contribution in [0.5, 0.6) is 0 Å². The first-order valence-corrected chi connectivity index (χ1v) is 8.42. The Morgan fingerprint density at radius 2 is 2.00 bits per heavy atom. The molecule has 1 unspecified atom stereocenters. The van der Waals surface area contributed by atoms with Crippen LogP contribution in [0.25, 0.3) is 0 Å². The molecule has 19 heavy (non-hydrogen) atoms. The quantitative estimate of drug-likeness (QED) is 0.754. The van der Waals surface area contributed by atoms with Crippen molar-refractivity contribution in [3.63, 3.8) is 0 Å². The summed E-state index contributed by atoms with van der Waals surface area (Å²) in [6.45, 7) is 6.16. The van der Waals surface area contributed by atoms with Gasteiger partial charge in [-0.05, 0) is 60.5 Å². The van der Waals surface area contributed by atoms with Crippen LogP contribution in [-0.2, 0) is 0 Å². The predicted octanol–water partition coefficient (Wildman–Crippen LogP) is 5.02. The molecule has 2 heterocycles. The molecular formula is C14H16BrNOS2. The minimum Gasteiger partial charge on any atom is -0.333 e. The van der Waals surface area contributed by atoms with Crippen LogP contribution in [0.4, 0.5) is 0 Å². The first-order valence-electron chi connectivity index (χ1n) is 5.99. The van der Waals surface area contributed by atoms with E-state index >= 15 is 0 Å².